The van der Waals surface area contributed by atoms with Crippen molar-refractivity contribution in [2.45, 2.75) is 38.5 Å². The third-order valence-corrected chi connectivity index (χ3v) is 2.97. The highest BCUT2D eigenvalue weighted by molar-refractivity contribution is 5.40. The largest absolute Gasteiger partial charge is 0.383 e. The molecule has 0 aromatic carbocycles. The molecular formula is C11H16N2. The Kier molecular flexibility index (Phi) is 2.21. The Hall–Kier alpha value is -1.05. The predicted octanol–water partition coefficient (Wildman–Crippen LogP) is 2.63. The fourth-order valence-corrected chi connectivity index (χ4v) is 2.09. The first-order valence-corrected chi connectivity index (χ1v) is 4.99. The number of nitrogen functional groups attached to an aromatic ring is 1. The molecule has 0 radical (unpaired) electrons. The van der Waals surface area contributed by atoms with Gasteiger partial charge in [0.2, 0.25) is 0 Å². The van der Waals surface area contributed by atoms with Crippen molar-refractivity contribution in [2.75, 3.05) is 5.73 Å². The van der Waals surface area contributed by atoms with E-state index in [1.165, 1.54) is 31.2 Å². The predicted molar refractivity (Wildman–Crippen MR) is 54.6 cm³/mol. The maximum Gasteiger partial charge on any atom is 0.126 e. The molecule has 0 saturated heterocycles. The highest BCUT2D eigenvalue weighted by Gasteiger charge is 2.17. The molecule has 0 unspecified atom stereocenters. The second-order valence-corrected chi connectivity index (χ2v) is 3.95. The molecule has 0 spiro atoms. The van der Waals surface area contributed by atoms with E-state index in [2.05, 4.69) is 11.1 Å². The summed E-state index contributed by atoms with van der Waals surface area (Å²) in [7, 11) is 0. The molecule has 0 amide bonds. The van der Waals surface area contributed by atoms with Crippen LogP contribution in [-0.4, -0.2) is 4.98 Å². The molecule has 2 N–H and O–H groups in total. The van der Waals surface area contributed by atoms with Crippen molar-refractivity contribution in [1.29, 1.82) is 0 Å². The maximum atomic E-state index is 5.68. The Morgan fingerprint density at radius 3 is 2.69 bits per heavy atom. The minimum atomic E-state index is 0.668. The smallest absolute Gasteiger partial charge is 0.126 e. The first-order valence-electron chi connectivity index (χ1n) is 4.99. The van der Waals surface area contributed by atoms with Crippen LogP contribution in [0, 0.1) is 6.92 Å². The van der Waals surface area contributed by atoms with Crippen LogP contribution in [0.2, 0.25) is 0 Å². The highest BCUT2D eigenvalue weighted by atomic mass is 14.8. The van der Waals surface area contributed by atoms with Gasteiger partial charge in [-0.2, -0.15) is 0 Å². The number of nitrogens with two attached hydrogens (primary N) is 1. The number of rotatable bonds is 1. The van der Waals surface area contributed by atoms with Crippen LogP contribution in [0.3, 0.4) is 0 Å². The molecule has 13 heavy (non-hydrogen) atoms. The van der Waals surface area contributed by atoms with E-state index in [1.54, 1.807) is 0 Å². The van der Waals surface area contributed by atoms with Gasteiger partial charge in [-0.25, -0.2) is 4.98 Å². The van der Waals surface area contributed by atoms with Crippen LogP contribution in [0.5, 0.6) is 0 Å². The molecule has 2 nitrogen and oxygen atoms in total. The normalized spacial score (nSPS) is 17.9. The summed E-state index contributed by atoms with van der Waals surface area (Å²) >= 11 is 0. The third kappa shape index (κ3) is 1.67. The standard InChI is InChI=1S/C11H16N2/c1-8-6-10(7-13-11(8)12)9-4-2-3-5-9/h6-7,9H,2-5H2,1H3,(H2,12,13). The number of pyridine rings is 1. The van der Waals surface area contributed by atoms with Crippen LogP contribution < -0.4 is 5.73 Å². The van der Waals surface area contributed by atoms with Crippen molar-refractivity contribution >= 4 is 5.82 Å². The SMILES string of the molecule is Cc1cc(C2CCCC2)cnc1N. The number of anilines is 1. The van der Waals surface area contributed by atoms with Crippen LogP contribution in [-0.2, 0) is 0 Å². The number of nitrogens with zero attached hydrogens (tertiary/aromatic N) is 1. The zero-order valence-corrected chi connectivity index (χ0v) is 8.09. The average Bonchev–Trinajstić information content (AvgIpc) is 2.62. The van der Waals surface area contributed by atoms with Gasteiger partial charge in [0.1, 0.15) is 5.82 Å². The number of hydrogen-bond donors (Lipinski definition) is 1. The Labute approximate surface area is 79.2 Å². The molecule has 70 valence electrons. The molecule has 1 saturated carbocycles. The van der Waals surface area contributed by atoms with Gasteiger partial charge in [-0.05, 0) is 36.8 Å². The molecule has 1 aliphatic rings. The summed E-state index contributed by atoms with van der Waals surface area (Å²) in [5.74, 6) is 1.41. The highest BCUT2D eigenvalue weighted by Crippen LogP contribution is 2.34. The van der Waals surface area contributed by atoms with Gasteiger partial charge in [0, 0.05) is 6.20 Å². The molecule has 1 aromatic rings. The molecule has 0 bridgehead atoms. The van der Waals surface area contributed by atoms with Crippen molar-refractivity contribution in [3.8, 4) is 0 Å². The van der Waals surface area contributed by atoms with Crippen LogP contribution in [0.15, 0.2) is 12.3 Å². The monoisotopic (exact) mass is 176 g/mol. The molecule has 1 fully saturated rings. The van der Waals surface area contributed by atoms with Gasteiger partial charge >= 0.3 is 0 Å². The molecule has 1 aromatic heterocycles. The molecular weight excluding hydrogens is 160 g/mol. The van der Waals surface area contributed by atoms with E-state index in [0.29, 0.717) is 5.82 Å². The minimum absolute atomic E-state index is 0.668. The van der Waals surface area contributed by atoms with Gasteiger partial charge in [0.15, 0.2) is 0 Å². The Morgan fingerprint density at radius 2 is 2.08 bits per heavy atom. The summed E-state index contributed by atoms with van der Waals surface area (Å²) in [6.07, 6.45) is 7.33. The summed E-state index contributed by atoms with van der Waals surface area (Å²) < 4.78 is 0. The molecule has 1 aliphatic carbocycles. The van der Waals surface area contributed by atoms with Gasteiger partial charge in [0.25, 0.3) is 0 Å². The van der Waals surface area contributed by atoms with Crippen molar-refractivity contribution in [1.82, 2.24) is 4.98 Å². The lowest BCUT2D eigenvalue weighted by Crippen LogP contribution is -1.98. The summed E-state index contributed by atoms with van der Waals surface area (Å²) in [6, 6.07) is 2.19. The summed E-state index contributed by atoms with van der Waals surface area (Å²) in [5.41, 5.74) is 8.17. The van der Waals surface area contributed by atoms with Crippen LogP contribution in [0.1, 0.15) is 42.7 Å². The fourth-order valence-electron chi connectivity index (χ4n) is 2.09. The fraction of sp³-hybridized carbons (Fsp3) is 0.545. The lowest BCUT2D eigenvalue weighted by Gasteiger charge is -2.10. The molecule has 0 atom stereocenters. The summed E-state index contributed by atoms with van der Waals surface area (Å²) in [5, 5.41) is 0. The van der Waals surface area contributed by atoms with Gasteiger partial charge in [-0.15, -0.1) is 0 Å². The van der Waals surface area contributed by atoms with Gasteiger partial charge in [-0.1, -0.05) is 18.9 Å². The second kappa shape index (κ2) is 3.36. The third-order valence-electron chi connectivity index (χ3n) is 2.97. The van der Waals surface area contributed by atoms with E-state index in [4.69, 9.17) is 5.73 Å². The zero-order chi connectivity index (χ0) is 9.26. The zero-order valence-electron chi connectivity index (χ0n) is 8.09. The van der Waals surface area contributed by atoms with E-state index < -0.39 is 0 Å². The Bertz CT molecular complexity index is 301. The maximum absolute atomic E-state index is 5.68. The van der Waals surface area contributed by atoms with Crippen molar-refractivity contribution < 1.29 is 0 Å². The van der Waals surface area contributed by atoms with Crippen molar-refractivity contribution in [3.63, 3.8) is 0 Å². The number of aryl methyl sites for hydroxylation is 1. The van der Waals surface area contributed by atoms with E-state index in [-0.39, 0.29) is 0 Å². The van der Waals surface area contributed by atoms with Crippen LogP contribution in [0.4, 0.5) is 5.82 Å². The first-order chi connectivity index (χ1) is 6.27. The van der Waals surface area contributed by atoms with E-state index in [9.17, 15) is 0 Å². The Morgan fingerprint density at radius 1 is 1.38 bits per heavy atom. The van der Waals surface area contributed by atoms with Crippen molar-refractivity contribution in [3.05, 3.63) is 23.4 Å². The van der Waals surface area contributed by atoms with Crippen molar-refractivity contribution in [2.24, 2.45) is 0 Å². The van der Waals surface area contributed by atoms with E-state index >= 15 is 0 Å². The topological polar surface area (TPSA) is 38.9 Å². The van der Waals surface area contributed by atoms with Gasteiger partial charge in [0.05, 0.1) is 0 Å². The number of aromatic nitrogens is 1. The van der Waals surface area contributed by atoms with E-state index in [1.807, 2.05) is 13.1 Å². The van der Waals surface area contributed by atoms with Crippen LogP contribution >= 0.6 is 0 Å². The van der Waals surface area contributed by atoms with E-state index in [0.717, 1.165) is 11.5 Å². The number of hydrogen-bond acceptors (Lipinski definition) is 2. The first kappa shape index (κ1) is 8.54. The quantitative estimate of drug-likeness (QED) is 0.714. The summed E-state index contributed by atoms with van der Waals surface area (Å²) in [4.78, 5) is 4.20. The minimum Gasteiger partial charge on any atom is -0.383 e. The lowest BCUT2D eigenvalue weighted by atomic mass is 9.98. The van der Waals surface area contributed by atoms with Crippen LogP contribution in [0.25, 0.3) is 0 Å². The molecule has 1 heterocycles. The summed E-state index contributed by atoms with van der Waals surface area (Å²) in [6.45, 7) is 2.03. The Balaban J connectivity index is 2.25. The average molecular weight is 176 g/mol. The molecule has 2 heteroatoms. The molecule has 0 aliphatic heterocycles. The second-order valence-electron chi connectivity index (χ2n) is 3.95. The van der Waals surface area contributed by atoms with Gasteiger partial charge < -0.3 is 5.73 Å². The van der Waals surface area contributed by atoms with Gasteiger partial charge in [-0.3, -0.25) is 0 Å². The molecule has 2 rings (SSSR count). The lowest BCUT2D eigenvalue weighted by molar-refractivity contribution is 0.719.